The molecule has 3 aromatic rings. The molecule has 0 radical (unpaired) electrons. The molecule has 1 aliphatic rings. The van der Waals surface area contributed by atoms with Crippen molar-refractivity contribution in [1.29, 1.82) is 0 Å². The predicted molar refractivity (Wildman–Crippen MR) is 99.3 cm³/mol. The van der Waals surface area contributed by atoms with Crippen LogP contribution in [0, 0.1) is 11.7 Å². The third kappa shape index (κ3) is 2.61. The van der Waals surface area contributed by atoms with Crippen LogP contribution >= 0.6 is 11.6 Å². The maximum absolute atomic E-state index is 13.8. The van der Waals surface area contributed by atoms with E-state index in [1.54, 1.807) is 12.1 Å². The van der Waals surface area contributed by atoms with Crippen LogP contribution < -0.4 is 0 Å². The summed E-state index contributed by atoms with van der Waals surface area (Å²) in [4.78, 5) is 0. The van der Waals surface area contributed by atoms with Crippen LogP contribution in [0.1, 0.15) is 42.4 Å². The number of hydrogen-bond donors (Lipinski definition) is 0. The fourth-order valence-corrected chi connectivity index (χ4v) is 4.38. The number of halogens is 2. The van der Waals surface area contributed by atoms with Crippen LogP contribution in [0.5, 0.6) is 0 Å². The van der Waals surface area contributed by atoms with E-state index in [9.17, 15) is 4.39 Å². The summed E-state index contributed by atoms with van der Waals surface area (Å²) in [6.07, 6.45) is 3.32. The lowest BCUT2D eigenvalue weighted by atomic mass is 9.70. The minimum atomic E-state index is -0.156. The molecular weight excluding hydrogens is 319 g/mol. The second-order valence-corrected chi connectivity index (χ2v) is 7.17. The van der Waals surface area contributed by atoms with Crippen LogP contribution in [0.15, 0.2) is 54.6 Å². The Hall–Kier alpha value is -1.86. The lowest BCUT2D eigenvalue weighted by Gasteiger charge is -2.34. The molecule has 0 aromatic heterocycles. The van der Waals surface area contributed by atoms with Crippen molar-refractivity contribution in [2.24, 2.45) is 5.92 Å². The Morgan fingerprint density at radius 3 is 2.54 bits per heavy atom. The SMILES string of the molecule is CC[C@@H]1CCc2c(ccc3ccc(F)cc23)[C@H]1c1ccc(Cl)cc1. The Labute approximate surface area is 147 Å². The van der Waals surface area contributed by atoms with Crippen LogP contribution in [-0.2, 0) is 6.42 Å². The van der Waals surface area contributed by atoms with E-state index in [2.05, 4.69) is 31.2 Å². The van der Waals surface area contributed by atoms with Gasteiger partial charge in [0.15, 0.2) is 0 Å². The van der Waals surface area contributed by atoms with E-state index in [-0.39, 0.29) is 5.82 Å². The molecule has 0 bridgehead atoms. The largest absolute Gasteiger partial charge is 0.207 e. The average Bonchev–Trinajstić information content (AvgIpc) is 2.61. The van der Waals surface area contributed by atoms with E-state index in [0.29, 0.717) is 11.8 Å². The maximum atomic E-state index is 13.8. The molecule has 0 heterocycles. The molecule has 0 spiro atoms. The molecule has 0 saturated heterocycles. The van der Waals surface area contributed by atoms with Crippen LogP contribution in [0.4, 0.5) is 4.39 Å². The van der Waals surface area contributed by atoms with E-state index in [1.165, 1.54) is 16.7 Å². The summed E-state index contributed by atoms with van der Waals surface area (Å²) in [6.45, 7) is 2.26. The van der Waals surface area contributed by atoms with Gasteiger partial charge in [-0.25, -0.2) is 4.39 Å². The van der Waals surface area contributed by atoms with Gasteiger partial charge in [0.2, 0.25) is 0 Å². The highest BCUT2D eigenvalue weighted by Crippen LogP contribution is 2.44. The highest BCUT2D eigenvalue weighted by atomic mass is 35.5. The predicted octanol–water partition coefficient (Wildman–Crippen LogP) is 6.74. The molecule has 24 heavy (non-hydrogen) atoms. The molecule has 0 unspecified atom stereocenters. The Balaban J connectivity index is 1.92. The number of benzene rings is 3. The van der Waals surface area contributed by atoms with Gasteiger partial charge >= 0.3 is 0 Å². The lowest BCUT2D eigenvalue weighted by molar-refractivity contribution is 0.399. The highest BCUT2D eigenvalue weighted by molar-refractivity contribution is 6.30. The first-order valence-electron chi connectivity index (χ1n) is 8.64. The highest BCUT2D eigenvalue weighted by Gasteiger charge is 2.30. The van der Waals surface area contributed by atoms with Crippen molar-refractivity contribution in [3.63, 3.8) is 0 Å². The minimum Gasteiger partial charge on any atom is -0.207 e. The molecule has 2 atom stereocenters. The van der Waals surface area contributed by atoms with Crippen molar-refractivity contribution in [2.75, 3.05) is 0 Å². The van der Waals surface area contributed by atoms with Gasteiger partial charge in [0.1, 0.15) is 5.82 Å². The molecule has 3 aromatic carbocycles. The van der Waals surface area contributed by atoms with Gasteiger partial charge in [-0.3, -0.25) is 0 Å². The molecule has 4 rings (SSSR count). The zero-order chi connectivity index (χ0) is 16.7. The summed E-state index contributed by atoms with van der Waals surface area (Å²) in [5.41, 5.74) is 3.98. The van der Waals surface area contributed by atoms with Crippen molar-refractivity contribution >= 4 is 22.4 Å². The number of hydrogen-bond acceptors (Lipinski definition) is 0. The number of rotatable bonds is 2. The van der Waals surface area contributed by atoms with Crippen molar-refractivity contribution in [2.45, 2.75) is 32.1 Å². The summed E-state index contributed by atoms with van der Waals surface area (Å²) in [5.74, 6) is 0.824. The molecule has 2 heteroatoms. The fourth-order valence-electron chi connectivity index (χ4n) is 4.25. The van der Waals surface area contributed by atoms with E-state index in [0.717, 1.165) is 35.1 Å². The number of aryl methyl sites for hydroxylation is 1. The first kappa shape index (κ1) is 15.7. The monoisotopic (exact) mass is 338 g/mol. The van der Waals surface area contributed by atoms with Crippen molar-refractivity contribution in [3.05, 3.63) is 82.1 Å². The zero-order valence-corrected chi connectivity index (χ0v) is 14.5. The van der Waals surface area contributed by atoms with Crippen LogP contribution in [-0.4, -0.2) is 0 Å². The van der Waals surface area contributed by atoms with Crippen LogP contribution in [0.25, 0.3) is 10.8 Å². The molecule has 122 valence electrons. The molecule has 0 nitrogen and oxygen atoms in total. The molecule has 0 fully saturated rings. The van der Waals surface area contributed by atoms with Gasteiger partial charge in [-0.2, -0.15) is 0 Å². The first-order chi connectivity index (χ1) is 11.7. The Morgan fingerprint density at radius 2 is 1.79 bits per heavy atom. The van der Waals surface area contributed by atoms with Gasteiger partial charge in [0.05, 0.1) is 0 Å². The van der Waals surface area contributed by atoms with Crippen LogP contribution in [0.2, 0.25) is 5.02 Å². The van der Waals surface area contributed by atoms with Gasteiger partial charge in [0.25, 0.3) is 0 Å². The standard InChI is InChI=1S/C22H20ClF/c1-2-14-6-11-19-20(22(14)16-3-8-17(23)9-4-16)12-7-15-5-10-18(24)13-21(15)19/h3-5,7-10,12-14,22H,2,6,11H2,1H3/t14-,22-/m1/s1. The number of fused-ring (bicyclic) bond motifs is 3. The Bertz CT molecular complexity index is 882. The van der Waals surface area contributed by atoms with E-state index in [1.807, 2.05) is 18.2 Å². The topological polar surface area (TPSA) is 0 Å². The molecule has 0 amide bonds. The van der Waals surface area contributed by atoms with Gasteiger partial charge < -0.3 is 0 Å². The van der Waals surface area contributed by atoms with E-state index < -0.39 is 0 Å². The van der Waals surface area contributed by atoms with Crippen molar-refractivity contribution < 1.29 is 4.39 Å². The normalized spacial score (nSPS) is 20.1. The van der Waals surface area contributed by atoms with Crippen molar-refractivity contribution in [3.8, 4) is 0 Å². The summed E-state index contributed by atoms with van der Waals surface area (Å²) in [5, 5.41) is 2.96. The van der Waals surface area contributed by atoms with Gasteiger partial charge in [-0.1, -0.05) is 55.3 Å². The van der Waals surface area contributed by atoms with Crippen molar-refractivity contribution in [1.82, 2.24) is 0 Å². The minimum absolute atomic E-state index is 0.156. The summed E-state index contributed by atoms with van der Waals surface area (Å²) in [7, 11) is 0. The Morgan fingerprint density at radius 1 is 1.04 bits per heavy atom. The quantitative estimate of drug-likeness (QED) is 0.485. The first-order valence-corrected chi connectivity index (χ1v) is 9.01. The maximum Gasteiger partial charge on any atom is 0.123 e. The summed E-state index contributed by atoms with van der Waals surface area (Å²) in [6, 6.07) is 17.7. The zero-order valence-electron chi connectivity index (χ0n) is 13.7. The van der Waals surface area contributed by atoms with Crippen LogP contribution in [0.3, 0.4) is 0 Å². The molecule has 0 saturated carbocycles. The third-order valence-corrected chi connectivity index (χ3v) is 5.71. The molecule has 0 N–H and O–H groups in total. The second-order valence-electron chi connectivity index (χ2n) is 6.74. The summed E-state index contributed by atoms with van der Waals surface area (Å²) >= 11 is 6.07. The van der Waals surface area contributed by atoms with Gasteiger partial charge in [-0.15, -0.1) is 0 Å². The lowest BCUT2D eigenvalue weighted by Crippen LogP contribution is -2.21. The second kappa shape index (κ2) is 6.22. The third-order valence-electron chi connectivity index (χ3n) is 5.46. The smallest absolute Gasteiger partial charge is 0.123 e. The Kier molecular flexibility index (Phi) is 4.05. The molecular formula is C22H20ClF. The average molecular weight is 339 g/mol. The fraction of sp³-hybridized carbons (Fsp3) is 0.273. The van der Waals surface area contributed by atoms with Gasteiger partial charge in [-0.05, 0) is 70.5 Å². The van der Waals surface area contributed by atoms with Gasteiger partial charge in [0, 0.05) is 10.9 Å². The molecule has 0 aliphatic heterocycles. The van der Waals surface area contributed by atoms with E-state index >= 15 is 0 Å². The summed E-state index contributed by atoms with van der Waals surface area (Å²) < 4.78 is 13.8. The van der Waals surface area contributed by atoms with E-state index in [4.69, 9.17) is 11.6 Å². The molecule has 1 aliphatic carbocycles.